The minimum atomic E-state index is -0.607. The second-order valence-electron chi connectivity index (χ2n) is 5.86. The Labute approximate surface area is 155 Å². The molecule has 0 aliphatic carbocycles. The summed E-state index contributed by atoms with van der Waals surface area (Å²) in [5.41, 5.74) is 1.56. The van der Waals surface area contributed by atoms with Crippen molar-refractivity contribution in [2.45, 2.75) is 25.0 Å². The first-order chi connectivity index (χ1) is 12.5. The van der Waals surface area contributed by atoms with E-state index in [4.69, 9.17) is 14.2 Å². The van der Waals surface area contributed by atoms with Crippen LogP contribution in [0.1, 0.15) is 12.5 Å². The predicted molar refractivity (Wildman–Crippen MR) is 93.8 cm³/mol. The fraction of sp³-hybridized carbons (Fsp3) is 0.389. The van der Waals surface area contributed by atoms with Crippen LogP contribution in [0, 0.1) is 0 Å². The van der Waals surface area contributed by atoms with Gasteiger partial charge in [0, 0.05) is 25.4 Å². The van der Waals surface area contributed by atoms with Crippen LogP contribution in [-0.4, -0.2) is 53.7 Å². The Hall–Kier alpha value is -2.32. The minimum absolute atomic E-state index is 0.0494. The van der Waals surface area contributed by atoms with Gasteiger partial charge < -0.3 is 14.2 Å². The van der Waals surface area contributed by atoms with Crippen LogP contribution in [0.25, 0.3) is 0 Å². The summed E-state index contributed by atoms with van der Waals surface area (Å²) in [6, 6.07) is 9.26. The molecule has 2 heterocycles. The summed E-state index contributed by atoms with van der Waals surface area (Å²) in [6.07, 6.45) is -0.577. The highest BCUT2D eigenvalue weighted by molar-refractivity contribution is 8.00. The van der Waals surface area contributed by atoms with Gasteiger partial charge in [-0.3, -0.25) is 14.5 Å². The number of methoxy groups -OCH3 is 1. The van der Waals surface area contributed by atoms with Crippen molar-refractivity contribution in [2.75, 3.05) is 19.5 Å². The highest BCUT2D eigenvalue weighted by Gasteiger charge is 2.54. The van der Waals surface area contributed by atoms with Gasteiger partial charge in [0.25, 0.3) is 5.91 Å². The molecule has 1 fully saturated rings. The average Bonchev–Trinajstić information content (AvgIpc) is 2.64. The molecule has 0 radical (unpaired) electrons. The van der Waals surface area contributed by atoms with E-state index in [9.17, 15) is 14.4 Å². The molecule has 0 saturated carbocycles. The van der Waals surface area contributed by atoms with Crippen LogP contribution >= 0.6 is 11.8 Å². The topological polar surface area (TPSA) is 82.1 Å². The fourth-order valence-corrected chi connectivity index (χ4v) is 4.16. The van der Waals surface area contributed by atoms with Crippen LogP contribution in [0.2, 0.25) is 0 Å². The van der Waals surface area contributed by atoms with Gasteiger partial charge in [0.1, 0.15) is 24.3 Å². The molecule has 1 aromatic carbocycles. The lowest BCUT2D eigenvalue weighted by molar-refractivity contribution is -0.163. The summed E-state index contributed by atoms with van der Waals surface area (Å²) in [5.74, 6) is -0.899. The molecule has 138 valence electrons. The molecule has 0 aromatic heterocycles. The lowest BCUT2D eigenvalue weighted by Gasteiger charge is -2.48. The molecule has 26 heavy (non-hydrogen) atoms. The smallest absolute Gasteiger partial charge is 0.355 e. The van der Waals surface area contributed by atoms with E-state index in [1.165, 1.54) is 30.7 Å². The molecular weight excluding hydrogens is 358 g/mol. The van der Waals surface area contributed by atoms with Crippen LogP contribution in [0.4, 0.5) is 0 Å². The van der Waals surface area contributed by atoms with Crippen LogP contribution in [0.5, 0.6) is 0 Å². The number of β-lactam (4-membered cyclic amide) rings is 1. The van der Waals surface area contributed by atoms with Gasteiger partial charge in [-0.05, 0) is 5.56 Å². The number of hydrogen-bond acceptors (Lipinski definition) is 7. The first-order valence-electron chi connectivity index (χ1n) is 8.07. The lowest BCUT2D eigenvalue weighted by atomic mass is 10.1. The number of fused-ring (bicyclic) bond motifs is 1. The zero-order valence-corrected chi connectivity index (χ0v) is 15.3. The second kappa shape index (κ2) is 7.92. The fourth-order valence-electron chi connectivity index (χ4n) is 2.81. The van der Waals surface area contributed by atoms with Crippen LogP contribution in [0.15, 0.2) is 41.6 Å². The number of carbonyl (C=O) groups is 3. The second-order valence-corrected chi connectivity index (χ2v) is 6.97. The van der Waals surface area contributed by atoms with Crippen molar-refractivity contribution >= 4 is 29.6 Å². The van der Waals surface area contributed by atoms with E-state index in [-0.39, 0.29) is 30.2 Å². The first-order valence-corrected chi connectivity index (χ1v) is 9.11. The van der Waals surface area contributed by atoms with Crippen molar-refractivity contribution in [1.82, 2.24) is 4.90 Å². The normalized spacial score (nSPS) is 21.8. The maximum absolute atomic E-state index is 12.7. The third-order valence-electron chi connectivity index (χ3n) is 4.11. The van der Waals surface area contributed by atoms with E-state index >= 15 is 0 Å². The zero-order valence-electron chi connectivity index (χ0n) is 14.5. The molecule has 1 amide bonds. The number of esters is 2. The molecule has 2 unspecified atom stereocenters. The number of amides is 1. The maximum Gasteiger partial charge on any atom is 0.355 e. The van der Waals surface area contributed by atoms with E-state index < -0.39 is 18.0 Å². The molecule has 0 bridgehead atoms. The molecule has 0 N–H and O–H groups in total. The van der Waals surface area contributed by atoms with E-state index in [0.717, 1.165) is 5.56 Å². The minimum Gasteiger partial charge on any atom is -0.461 e. The van der Waals surface area contributed by atoms with Crippen molar-refractivity contribution in [1.29, 1.82) is 0 Å². The number of nitrogens with zero attached hydrogens (tertiary/aromatic N) is 1. The van der Waals surface area contributed by atoms with Gasteiger partial charge in [-0.1, -0.05) is 30.3 Å². The number of ether oxygens (including phenoxy) is 3. The predicted octanol–water partition coefficient (Wildman–Crippen LogP) is 1.48. The van der Waals surface area contributed by atoms with Gasteiger partial charge in [-0.15, -0.1) is 11.8 Å². The molecule has 3 rings (SSSR count). The van der Waals surface area contributed by atoms with Gasteiger partial charge in [0.2, 0.25) is 0 Å². The van der Waals surface area contributed by atoms with Crippen molar-refractivity contribution in [3.05, 3.63) is 47.2 Å². The SMILES string of the molecule is COC1C(=O)N2C(C(=O)OCc3ccccc3)=C(COC(C)=O)CSC12. The van der Waals surface area contributed by atoms with E-state index in [0.29, 0.717) is 11.3 Å². The van der Waals surface area contributed by atoms with E-state index in [2.05, 4.69) is 0 Å². The molecule has 1 saturated heterocycles. The molecule has 7 nitrogen and oxygen atoms in total. The Balaban J connectivity index is 1.80. The van der Waals surface area contributed by atoms with Crippen molar-refractivity contribution < 1.29 is 28.6 Å². The highest BCUT2D eigenvalue weighted by atomic mass is 32.2. The lowest BCUT2D eigenvalue weighted by Crippen LogP contribution is -2.65. The van der Waals surface area contributed by atoms with Gasteiger partial charge in [-0.2, -0.15) is 0 Å². The van der Waals surface area contributed by atoms with Gasteiger partial charge in [0.05, 0.1) is 0 Å². The van der Waals surface area contributed by atoms with E-state index in [1.807, 2.05) is 30.3 Å². The summed E-state index contributed by atoms with van der Waals surface area (Å²) in [7, 11) is 1.46. The molecule has 2 aliphatic heterocycles. The van der Waals surface area contributed by atoms with Crippen molar-refractivity contribution in [3.63, 3.8) is 0 Å². The van der Waals surface area contributed by atoms with Gasteiger partial charge in [0.15, 0.2) is 6.10 Å². The summed E-state index contributed by atoms with van der Waals surface area (Å²) in [4.78, 5) is 37.5. The average molecular weight is 377 g/mol. The zero-order chi connectivity index (χ0) is 18.7. The molecule has 0 spiro atoms. The van der Waals surface area contributed by atoms with Gasteiger partial charge in [-0.25, -0.2) is 4.79 Å². The quantitative estimate of drug-likeness (QED) is 0.548. The number of rotatable bonds is 6. The Bertz CT molecular complexity index is 747. The molecule has 1 aromatic rings. The van der Waals surface area contributed by atoms with Crippen LogP contribution in [-0.2, 0) is 35.2 Å². The number of carbonyl (C=O) groups excluding carboxylic acids is 3. The Kier molecular flexibility index (Phi) is 5.63. The molecule has 2 aliphatic rings. The Morgan fingerprint density at radius 2 is 1.92 bits per heavy atom. The summed E-state index contributed by atoms with van der Waals surface area (Å²) >= 11 is 1.47. The third kappa shape index (κ3) is 3.61. The van der Waals surface area contributed by atoms with E-state index in [1.54, 1.807) is 0 Å². The Morgan fingerprint density at radius 3 is 2.58 bits per heavy atom. The van der Waals surface area contributed by atoms with Gasteiger partial charge >= 0.3 is 11.9 Å². The Morgan fingerprint density at radius 1 is 1.19 bits per heavy atom. The molecule has 2 atom stereocenters. The van der Waals surface area contributed by atoms with Crippen LogP contribution < -0.4 is 0 Å². The summed E-state index contributed by atoms with van der Waals surface area (Å²) < 4.78 is 15.6. The van der Waals surface area contributed by atoms with Crippen molar-refractivity contribution in [3.8, 4) is 0 Å². The summed E-state index contributed by atoms with van der Waals surface area (Å²) in [5, 5.41) is -0.271. The highest BCUT2D eigenvalue weighted by Crippen LogP contribution is 2.41. The molecule has 8 heteroatoms. The third-order valence-corrected chi connectivity index (χ3v) is 5.42. The number of hydrogen-bond donors (Lipinski definition) is 0. The number of thioether (sulfide) groups is 1. The monoisotopic (exact) mass is 377 g/mol. The maximum atomic E-state index is 12.7. The van der Waals surface area contributed by atoms with Crippen molar-refractivity contribution in [2.24, 2.45) is 0 Å². The largest absolute Gasteiger partial charge is 0.461 e. The standard InChI is InChI=1S/C18H19NO6S/c1-11(20)24-9-13-10-26-17-15(23-2)16(21)19(17)14(13)18(22)25-8-12-6-4-3-5-7-12/h3-7,15,17H,8-10H2,1-2H3. The summed E-state index contributed by atoms with van der Waals surface area (Å²) in [6.45, 7) is 1.34. The molecular formula is C18H19NO6S. The van der Waals surface area contributed by atoms with Crippen LogP contribution in [0.3, 0.4) is 0 Å². The first kappa shape index (κ1) is 18.5. The number of benzene rings is 1.